The monoisotopic (exact) mass is 190 g/mol. The molecule has 14 heavy (non-hydrogen) atoms. The van der Waals surface area contributed by atoms with Crippen molar-refractivity contribution in [2.24, 2.45) is 5.92 Å². The molecule has 0 fully saturated rings. The van der Waals surface area contributed by atoms with Crippen LogP contribution in [0.3, 0.4) is 0 Å². The summed E-state index contributed by atoms with van der Waals surface area (Å²) in [5.74, 6) is 0.420. The fourth-order valence-corrected chi connectivity index (χ4v) is 2.09. The SMILES string of the molecule is CC(=O)C1=CC2CCCC=C2C=C1O. The molecule has 2 rings (SSSR count). The first-order valence-electron chi connectivity index (χ1n) is 5.02. The average Bonchev–Trinajstić information content (AvgIpc) is 2.16. The smallest absolute Gasteiger partial charge is 0.163 e. The van der Waals surface area contributed by atoms with E-state index in [9.17, 15) is 9.90 Å². The lowest BCUT2D eigenvalue weighted by molar-refractivity contribution is -0.113. The average molecular weight is 190 g/mol. The van der Waals surface area contributed by atoms with Gasteiger partial charge in [0.15, 0.2) is 5.78 Å². The highest BCUT2D eigenvalue weighted by Crippen LogP contribution is 2.33. The van der Waals surface area contributed by atoms with Crippen molar-refractivity contribution in [3.63, 3.8) is 0 Å². The third kappa shape index (κ3) is 1.52. The third-order valence-electron chi connectivity index (χ3n) is 2.85. The molecule has 0 aromatic heterocycles. The lowest BCUT2D eigenvalue weighted by Gasteiger charge is -2.24. The molecule has 0 heterocycles. The summed E-state index contributed by atoms with van der Waals surface area (Å²) >= 11 is 0. The fraction of sp³-hybridized carbons (Fsp3) is 0.417. The van der Waals surface area contributed by atoms with E-state index in [1.807, 2.05) is 6.08 Å². The zero-order chi connectivity index (χ0) is 10.1. The molecular weight excluding hydrogens is 176 g/mol. The second-order valence-corrected chi connectivity index (χ2v) is 3.91. The zero-order valence-electron chi connectivity index (χ0n) is 8.29. The molecule has 1 N–H and O–H groups in total. The Kier molecular flexibility index (Phi) is 2.28. The Morgan fingerprint density at radius 1 is 1.57 bits per heavy atom. The minimum atomic E-state index is -0.0524. The number of aliphatic hydroxyl groups is 1. The van der Waals surface area contributed by atoms with Gasteiger partial charge >= 0.3 is 0 Å². The summed E-state index contributed by atoms with van der Waals surface area (Å²) in [6, 6.07) is 0. The van der Waals surface area contributed by atoms with Gasteiger partial charge in [-0.25, -0.2) is 0 Å². The van der Waals surface area contributed by atoms with Crippen LogP contribution in [0.15, 0.2) is 35.1 Å². The summed E-state index contributed by atoms with van der Waals surface area (Å²) in [7, 11) is 0. The second kappa shape index (κ2) is 3.45. The van der Waals surface area contributed by atoms with Crippen LogP contribution in [0.4, 0.5) is 0 Å². The van der Waals surface area contributed by atoms with Gasteiger partial charge in [0, 0.05) is 5.92 Å². The summed E-state index contributed by atoms with van der Waals surface area (Å²) in [4.78, 5) is 11.2. The van der Waals surface area contributed by atoms with Crippen molar-refractivity contribution in [1.29, 1.82) is 0 Å². The van der Waals surface area contributed by atoms with E-state index in [-0.39, 0.29) is 11.5 Å². The van der Waals surface area contributed by atoms with E-state index in [0.717, 1.165) is 12.8 Å². The molecule has 1 unspecified atom stereocenters. The lowest BCUT2D eigenvalue weighted by atomic mass is 9.82. The summed E-state index contributed by atoms with van der Waals surface area (Å²) in [5.41, 5.74) is 1.65. The highest BCUT2D eigenvalue weighted by molar-refractivity contribution is 5.97. The lowest BCUT2D eigenvalue weighted by Crippen LogP contribution is -2.14. The van der Waals surface area contributed by atoms with Crippen molar-refractivity contribution in [3.05, 3.63) is 35.1 Å². The Hall–Kier alpha value is -1.31. The van der Waals surface area contributed by atoms with Gasteiger partial charge < -0.3 is 5.11 Å². The number of allylic oxidation sites excluding steroid dienone is 5. The Morgan fingerprint density at radius 2 is 2.36 bits per heavy atom. The molecule has 2 aliphatic rings. The van der Waals surface area contributed by atoms with Gasteiger partial charge in [-0.3, -0.25) is 4.79 Å². The van der Waals surface area contributed by atoms with Crippen LogP contribution < -0.4 is 0 Å². The maximum atomic E-state index is 11.2. The van der Waals surface area contributed by atoms with Crippen LogP contribution >= 0.6 is 0 Å². The van der Waals surface area contributed by atoms with E-state index in [2.05, 4.69) is 6.08 Å². The van der Waals surface area contributed by atoms with Gasteiger partial charge in [0.1, 0.15) is 5.76 Å². The first-order valence-corrected chi connectivity index (χ1v) is 5.02. The predicted octanol–water partition coefficient (Wildman–Crippen LogP) is 2.68. The minimum Gasteiger partial charge on any atom is -0.507 e. The Balaban J connectivity index is 2.36. The number of ketones is 1. The standard InChI is InChI=1S/C12H14O2/c1-8(13)11-6-9-4-2-3-5-10(9)7-12(11)14/h5-7,9,14H,2-4H2,1H3. The van der Waals surface area contributed by atoms with E-state index < -0.39 is 0 Å². The number of hydrogen-bond acceptors (Lipinski definition) is 2. The van der Waals surface area contributed by atoms with E-state index in [1.54, 1.807) is 6.08 Å². The molecule has 0 spiro atoms. The summed E-state index contributed by atoms with van der Waals surface area (Å²) in [6.45, 7) is 1.49. The quantitative estimate of drug-likeness (QED) is 0.690. The van der Waals surface area contributed by atoms with Crippen molar-refractivity contribution in [3.8, 4) is 0 Å². The molecule has 0 radical (unpaired) electrons. The largest absolute Gasteiger partial charge is 0.507 e. The van der Waals surface area contributed by atoms with Gasteiger partial charge in [0.25, 0.3) is 0 Å². The van der Waals surface area contributed by atoms with Crippen molar-refractivity contribution in [2.75, 3.05) is 0 Å². The van der Waals surface area contributed by atoms with Crippen molar-refractivity contribution < 1.29 is 9.90 Å². The van der Waals surface area contributed by atoms with Crippen LogP contribution in [0.5, 0.6) is 0 Å². The van der Waals surface area contributed by atoms with Gasteiger partial charge in [0.05, 0.1) is 5.57 Å². The maximum Gasteiger partial charge on any atom is 0.163 e. The normalized spacial score (nSPS) is 25.8. The Morgan fingerprint density at radius 3 is 3.07 bits per heavy atom. The highest BCUT2D eigenvalue weighted by atomic mass is 16.3. The number of Topliss-reactive ketones (excluding diaryl/α,β-unsaturated/α-hetero) is 1. The van der Waals surface area contributed by atoms with Gasteiger partial charge in [-0.05, 0) is 37.8 Å². The van der Waals surface area contributed by atoms with Crippen LogP contribution in [0.1, 0.15) is 26.2 Å². The summed E-state index contributed by atoms with van der Waals surface area (Å²) in [6.07, 6.45) is 9.14. The molecule has 0 amide bonds. The van der Waals surface area contributed by atoms with Crippen molar-refractivity contribution in [2.45, 2.75) is 26.2 Å². The molecule has 0 bridgehead atoms. The minimum absolute atomic E-state index is 0.0524. The number of fused-ring (bicyclic) bond motifs is 1. The molecule has 2 nitrogen and oxygen atoms in total. The third-order valence-corrected chi connectivity index (χ3v) is 2.85. The summed E-state index contributed by atoms with van der Waals surface area (Å²) < 4.78 is 0. The molecular formula is C12H14O2. The second-order valence-electron chi connectivity index (χ2n) is 3.91. The highest BCUT2D eigenvalue weighted by Gasteiger charge is 2.23. The fourth-order valence-electron chi connectivity index (χ4n) is 2.09. The zero-order valence-corrected chi connectivity index (χ0v) is 8.29. The number of hydrogen-bond donors (Lipinski definition) is 1. The topological polar surface area (TPSA) is 37.3 Å². The van der Waals surface area contributed by atoms with E-state index >= 15 is 0 Å². The van der Waals surface area contributed by atoms with Gasteiger partial charge in [0.2, 0.25) is 0 Å². The Bertz CT molecular complexity index is 359. The molecule has 0 saturated heterocycles. The number of rotatable bonds is 1. The number of carbonyl (C=O) groups is 1. The number of carbonyl (C=O) groups excluding carboxylic acids is 1. The maximum absolute atomic E-state index is 11.2. The summed E-state index contributed by atoms with van der Waals surface area (Å²) in [5, 5.41) is 9.61. The van der Waals surface area contributed by atoms with Crippen molar-refractivity contribution in [1.82, 2.24) is 0 Å². The van der Waals surface area contributed by atoms with E-state index in [0.29, 0.717) is 11.5 Å². The molecule has 74 valence electrons. The molecule has 0 aromatic rings. The van der Waals surface area contributed by atoms with E-state index in [1.165, 1.54) is 18.9 Å². The molecule has 2 aliphatic carbocycles. The molecule has 0 aliphatic heterocycles. The van der Waals surface area contributed by atoms with Crippen LogP contribution in [0.2, 0.25) is 0 Å². The van der Waals surface area contributed by atoms with Crippen LogP contribution in [-0.2, 0) is 4.79 Å². The van der Waals surface area contributed by atoms with E-state index in [4.69, 9.17) is 0 Å². The number of aliphatic hydroxyl groups excluding tert-OH is 1. The van der Waals surface area contributed by atoms with Gasteiger partial charge in [-0.2, -0.15) is 0 Å². The first kappa shape index (κ1) is 9.25. The predicted molar refractivity (Wildman–Crippen MR) is 54.9 cm³/mol. The molecule has 2 heteroatoms. The van der Waals surface area contributed by atoms with Crippen LogP contribution in [0.25, 0.3) is 0 Å². The van der Waals surface area contributed by atoms with Crippen LogP contribution in [0, 0.1) is 5.92 Å². The molecule has 0 aromatic carbocycles. The van der Waals surface area contributed by atoms with Gasteiger partial charge in [-0.1, -0.05) is 12.2 Å². The van der Waals surface area contributed by atoms with Gasteiger partial charge in [-0.15, -0.1) is 0 Å². The molecule has 0 saturated carbocycles. The van der Waals surface area contributed by atoms with Crippen molar-refractivity contribution >= 4 is 5.78 Å². The Labute approximate surface area is 83.6 Å². The molecule has 1 atom stereocenters. The first-order chi connectivity index (χ1) is 6.68. The van der Waals surface area contributed by atoms with Crippen LogP contribution in [-0.4, -0.2) is 10.9 Å².